The maximum Gasteiger partial charge on any atom is 0.327 e. The molecule has 6 nitrogen and oxygen atoms in total. The predicted molar refractivity (Wildman–Crippen MR) is 70.2 cm³/mol. The van der Waals surface area contributed by atoms with Gasteiger partial charge in [-0.2, -0.15) is 4.39 Å². The molecule has 7 heteroatoms. The van der Waals surface area contributed by atoms with Crippen LogP contribution in [0.15, 0.2) is 18.2 Å². The summed E-state index contributed by atoms with van der Waals surface area (Å²) in [4.78, 5) is 10.2. The molecule has 0 amide bonds. The Balaban J connectivity index is 2.11. The van der Waals surface area contributed by atoms with Gasteiger partial charge in [0.25, 0.3) is 0 Å². The first kappa shape index (κ1) is 13.7. The first-order valence-corrected chi connectivity index (χ1v) is 6.18. The number of rotatable bonds is 4. The fourth-order valence-electron chi connectivity index (χ4n) is 2.33. The molecule has 19 heavy (non-hydrogen) atoms. The van der Waals surface area contributed by atoms with E-state index in [1.807, 2.05) is 13.8 Å². The smallest absolute Gasteiger partial charge is 0.327 e. The van der Waals surface area contributed by atoms with Crippen molar-refractivity contribution < 1.29 is 9.31 Å². The first-order valence-electron chi connectivity index (χ1n) is 6.18. The number of halogens is 1. The van der Waals surface area contributed by atoms with Gasteiger partial charge in [-0.05, 0) is 26.0 Å². The Kier molecular flexibility index (Phi) is 3.96. The summed E-state index contributed by atoms with van der Waals surface area (Å²) in [5, 5.41) is 13.8. The molecule has 0 aromatic heterocycles. The van der Waals surface area contributed by atoms with Gasteiger partial charge in [0.05, 0.1) is 4.92 Å². The van der Waals surface area contributed by atoms with E-state index in [1.54, 1.807) is 0 Å². The Morgan fingerprint density at radius 3 is 2.58 bits per heavy atom. The molecule has 0 saturated carbocycles. The van der Waals surface area contributed by atoms with Crippen LogP contribution in [0.5, 0.6) is 0 Å². The van der Waals surface area contributed by atoms with E-state index in [9.17, 15) is 14.5 Å². The largest absolute Gasteiger partial charge is 0.379 e. The van der Waals surface area contributed by atoms with Crippen molar-refractivity contribution in [3.8, 4) is 0 Å². The molecule has 1 aromatic carbocycles. The molecule has 3 N–H and O–H groups in total. The van der Waals surface area contributed by atoms with Gasteiger partial charge in [0.2, 0.25) is 5.82 Å². The molecule has 1 heterocycles. The van der Waals surface area contributed by atoms with E-state index in [-0.39, 0.29) is 23.7 Å². The summed E-state index contributed by atoms with van der Waals surface area (Å²) in [6.07, 6.45) is 0. The number of hydrogen-bond donors (Lipinski definition) is 3. The minimum Gasteiger partial charge on any atom is -0.379 e. The number of hydrogen-bond acceptors (Lipinski definition) is 5. The van der Waals surface area contributed by atoms with E-state index < -0.39 is 16.4 Å². The first-order chi connectivity index (χ1) is 9.00. The lowest BCUT2D eigenvalue weighted by Gasteiger charge is -2.19. The Morgan fingerprint density at radius 1 is 1.37 bits per heavy atom. The zero-order valence-corrected chi connectivity index (χ0v) is 10.8. The van der Waals surface area contributed by atoms with Crippen molar-refractivity contribution >= 4 is 11.4 Å². The van der Waals surface area contributed by atoms with Crippen LogP contribution in [-0.4, -0.2) is 23.6 Å². The summed E-state index contributed by atoms with van der Waals surface area (Å²) in [6.45, 7) is 4.60. The Labute approximate surface area is 110 Å². The van der Waals surface area contributed by atoms with Gasteiger partial charge >= 0.3 is 5.69 Å². The summed E-state index contributed by atoms with van der Waals surface area (Å²) in [7, 11) is 0. The second kappa shape index (κ2) is 5.50. The highest BCUT2D eigenvalue weighted by Crippen LogP contribution is 2.28. The number of hydrazine groups is 1. The predicted octanol–water partition coefficient (Wildman–Crippen LogP) is 1.65. The second-order valence-corrected chi connectivity index (χ2v) is 4.80. The van der Waals surface area contributed by atoms with Crippen LogP contribution >= 0.6 is 0 Å². The molecule has 2 unspecified atom stereocenters. The van der Waals surface area contributed by atoms with Crippen molar-refractivity contribution in [1.82, 2.24) is 10.9 Å². The second-order valence-electron chi connectivity index (χ2n) is 4.80. The summed E-state index contributed by atoms with van der Waals surface area (Å²) in [6, 6.07) is 4.56. The average Bonchev–Trinajstić information content (AvgIpc) is 2.66. The van der Waals surface area contributed by atoms with Crippen molar-refractivity contribution in [2.45, 2.75) is 25.9 Å². The number of nitrogens with zero attached hydrogens (tertiary/aromatic N) is 1. The van der Waals surface area contributed by atoms with Gasteiger partial charge in [-0.1, -0.05) is 6.07 Å². The van der Waals surface area contributed by atoms with Crippen LogP contribution in [0.2, 0.25) is 0 Å². The molecule has 1 fully saturated rings. The molecule has 1 aromatic rings. The number of para-hydroxylation sites is 1. The number of benzene rings is 1. The van der Waals surface area contributed by atoms with Gasteiger partial charge in [0, 0.05) is 24.5 Å². The highest BCUT2D eigenvalue weighted by molar-refractivity contribution is 5.61. The summed E-state index contributed by atoms with van der Waals surface area (Å²) in [5.41, 5.74) is 5.93. The standard InChI is InChI=1S/C12H17FN4O2/c1-7-9(8(2)16-15-7)6-14-11-5-3-4-10(13)12(11)17(18)19/h3-5,7-9,14-16H,6H2,1-2H3. The van der Waals surface area contributed by atoms with Crippen LogP contribution in [-0.2, 0) is 0 Å². The minimum atomic E-state index is -0.821. The number of anilines is 1. The van der Waals surface area contributed by atoms with Gasteiger partial charge in [-0.15, -0.1) is 0 Å². The highest BCUT2D eigenvalue weighted by atomic mass is 19.1. The molecule has 0 spiro atoms. The summed E-state index contributed by atoms with van der Waals surface area (Å²) < 4.78 is 13.4. The van der Waals surface area contributed by atoms with Crippen LogP contribution < -0.4 is 16.2 Å². The lowest BCUT2D eigenvalue weighted by atomic mass is 9.96. The van der Waals surface area contributed by atoms with Crippen LogP contribution in [0.4, 0.5) is 15.8 Å². The van der Waals surface area contributed by atoms with Crippen molar-refractivity contribution in [1.29, 1.82) is 0 Å². The molecule has 1 aliphatic rings. The van der Waals surface area contributed by atoms with Crippen LogP contribution in [0.3, 0.4) is 0 Å². The molecule has 1 aliphatic heterocycles. The van der Waals surface area contributed by atoms with Crippen molar-refractivity contribution in [3.63, 3.8) is 0 Å². The summed E-state index contributed by atoms with van der Waals surface area (Å²) >= 11 is 0. The van der Waals surface area contributed by atoms with Crippen LogP contribution in [0, 0.1) is 21.8 Å². The molecular formula is C12H17FN4O2. The average molecular weight is 268 g/mol. The molecule has 2 atom stereocenters. The number of nitro benzene ring substituents is 1. The van der Waals surface area contributed by atoms with E-state index in [0.717, 1.165) is 6.07 Å². The third kappa shape index (κ3) is 2.82. The maximum absolute atomic E-state index is 13.4. The van der Waals surface area contributed by atoms with E-state index in [0.29, 0.717) is 6.54 Å². The lowest BCUT2D eigenvalue weighted by Crippen LogP contribution is -2.30. The molecule has 2 rings (SSSR count). The van der Waals surface area contributed by atoms with Crippen molar-refractivity contribution in [2.24, 2.45) is 5.92 Å². The van der Waals surface area contributed by atoms with Gasteiger partial charge in [-0.25, -0.2) is 0 Å². The van der Waals surface area contributed by atoms with E-state index in [1.165, 1.54) is 12.1 Å². The van der Waals surface area contributed by atoms with Crippen molar-refractivity contribution in [3.05, 3.63) is 34.1 Å². The van der Waals surface area contributed by atoms with Crippen LogP contribution in [0.25, 0.3) is 0 Å². The van der Waals surface area contributed by atoms with Gasteiger partial charge in [0.1, 0.15) is 5.69 Å². The number of nitrogens with one attached hydrogen (secondary N) is 3. The molecular weight excluding hydrogens is 251 g/mol. The lowest BCUT2D eigenvalue weighted by molar-refractivity contribution is -0.386. The van der Waals surface area contributed by atoms with Gasteiger partial charge in [-0.3, -0.25) is 21.0 Å². The SMILES string of the molecule is CC1NNC(C)C1CNc1cccc(F)c1[N+](=O)[O-]. The monoisotopic (exact) mass is 268 g/mol. The zero-order valence-electron chi connectivity index (χ0n) is 10.8. The highest BCUT2D eigenvalue weighted by Gasteiger charge is 2.30. The van der Waals surface area contributed by atoms with E-state index in [4.69, 9.17) is 0 Å². The Hall–Kier alpha value is -1.73. The Morgan fingerprint density at radius 2 is 2.00 bits per heavy atom. The third-order valence-electron chi connectivity index (χ3n) is 3.52. The Bertz CT molecular complexity index is 473. The van der Waals surface area contributed by atoms with Gasteiger partial charge in [0.15, 0.2) is 0 Å². The topological polar surface area (TPSA) is 79.2 Å². The minimum absolute atomic E-state index is 0.219. The zero-order chi connectivity index (χ0) is 14.0. The molecule has 1 saturated heterocycles. The fraction of sp³-hybridized carbons (Fsp3) is 0.500. The van der Waals surface area contributed by atoms with E-state index >= 15 is 0 Å². The molecule has 0 aliphatic carbocycles. The molecule has 0 radical (unpaired) electrons. The van der Waals surface area contributed by atoms with E-state index in [2.05, 4.69) is 16.2 Å². The number of nitro groups is 1. The maximum atomic E-state index is 13.4. The summed E-state index contributed by atoms with van der Waals surface area (Å²) in [5.74, 6) is -0.554. The fourth-order valence-corrected chi connectivity index (χ4v) is 2.33. The normalized spacial score (nSPS) is 26.4. The molecule has 0 bridgehead atoms. The van der Waals surface area contributed by atoms with Crippen molar-refractivity contribution in [2.75, 3.05) is 11.9 Å². The van der Waals surface area contributed by atoms with Gasteiger partial charge < -0.3 is 5.32 Å². The molecule has 104 valence electrons. The van der Waals surface area contributed by atoms with Crippen LogP contribution in [0.1, 0.15) is 13.8 Å². The quantitative estimate of drug-likeness (QED) is 0.571. The third-order valence-corrected chi connectivity index (χ3v) is 3.52.